The van der Waals surface area contributed by atoms with E-state index in [0.717, 1.165) is 16.0 Å². The summed E-state index contributed by atoms with van der Waals surface area (Å²) in [6, 6.07) is 13.6. The van der Waals surface area contributed by atoms with Crippen LogP contribution in [0.5, 0.6) is 11.5 Å². The molecule has 0 fully saturated rings. The fourth-order valence-corrected chi connectivity index (χ4v) is 5.21. The van der Waals surface area contributed by atoms with Gasteiger partial charge in [-0.1, -0.05) is 6.07 Å². The third kappa shape index (κ3) is 3.81. The van der Waals surface area contributed by atoms with Gasteiger partial charge in [0, 0.05) is 11.4 Å². The molecule has 0 spiro atoms. The number of nitrogens with zero attached hydrogens (tertiary/aromatic N) is 4. The molecule has 4 aromatic rings. The predicted octanol–water partition coefficient (Wildman–Crippen LogP) is 4.58. The van der Waals surface area contributed by atoms with Crippen LogP contribution in [0, 0.1) is 12.7 Å². The van der Waals surface area contributed by atoms with Gasteiger partial charge in [-0.05, 0) is 72.3 Å². The summed E-state index contributed by atoms with van der Waals surface area (Å²) in [5, 5.41) is 6.47. The van der Waals surface area contributed by atoms with Crippen molar-refractivity contribution in [2.24, 2.45) is 0 Å². The Labute approximate surface area is 200 Å². The Morgan fingerprint density at radius 1 is 1.12 bits per heavy atom. The molecule has 3 heterocycles. The molecule has 0 bridgehead atoms. The van der Waals surface area contributed by atoms with Crippen molar-refractivity contribution in [3.05, 3.63) is 87.4 Å². The van der Waals surface area contributed by atoms with E-state index < -0.39 is 0 Å². The summed E-state index contributed by atoms with van der Waals surface area (Å²) in [7, 11) is 3.22. The van der Waals surface area contributed by atoms with E-state index in [-0.39, 0.29) is 23.6 Å². The first-order chi connectivity index (χ1) is 16.5. The predicted molar refractivity (Wildman–Crippen MR) is 127 cm³/mol. The van der Waals surface area contributed by atoms with Crippen LogP contribution in [0.15, 0.2) is 53.9 Å². The Morgan fingerprint density at radius 2 is 1.85 bits per heavy atom. The zero-order valence-corrected chi connectivity index (χ0v) is 19.8. The number of hydrogen-bond donors (Lipinski definition) is 0. The van der Waals surface area contributed by atoms with E-state index in [1.807, 2.05) is 34.5 Å². The van der Waals surface area contributed by atoms with Crippen LogP contribution >= 0.6 is 11.3 Å². The lowest BCUT2D eigenvalue weighted by Gasteiger charge is -2.36. The number of halogens is 1. The van der Waals surface area contributed by atoms with Crippen LogP contribution in [0.2, 0.25) is 0 Å². The second-order valence-corrected chi connectivity index (χ2v) is 8.92. The van der Waals surface area contributed by atoms with Crippen molar-refractivity contribution < 1.29 is 18.7 Å². The highest BCUT2D eigenvalue weighted by atomic mass is 32.1. The highest BCUT2D eigenvalue weighted by molar-refractivity contribution is 7.10. The zero-order chi connectivity index (χ0) is 23.8. The van der Waals surface area contributed by atoms with Crippen molar-refractivity contribution in [2.45, 2.75) is 19.4 Å². The number of benzene rings is 2. The molecule has 0 saturated heterocycles. The second-order valence-electron chi connectivity index (χ2n) is 7.94. The standard InChI is InChI=1S/C25H23FN4O3S/c1-15-27-24(28-30(15)18-8-6-17(26)7-9-18)25(31)29-11-10-16-13-20(32-2)21(33-3)14-19(16)23(29)22-5-4-12-34-22/h4-9,12-14,23H,10-11H2,1-3H3. The lowest BCUT2D eigenvalue weighted by atomic mass is 9.90. The lowest BCUT2D eigenvalue weighted by molar-refractivity contribution is 0.0684. The molecule has 34 heavy (non-hydrogen) atoms. The van der Waals surface area contributed by atoms with Crippen molar-refractivity contribution in [2.75, 3.05) is 20.8 Å². The molecular weight excluding hydrogens is 455 g/mol. The van der Waals surface area contributed by atoms with Crippen molar-refractivity contribution >= 4 is 17.2 Å². The summed E-state index contributed by atoms with van der Waals surface area (Å²) >= 11 is 1.59. The van der Waals surface area contributed by atoms with Crippen LogP contribution in [0.25, 0.3) is 5.69 Å². The minimum Gasteiger partial charge on any atom is -0.493 e. The Kier molecular flexibility index (Phi) is 5.79. The van der Waals surface area contributed by atoms with Crippen LogP contribution < -0.4 is 9.47 Å². The number of aromatic nitrogens is 3. The first-order valence-electron chi connectivity index (χ1n) is 10.8. The molecule has 0 saturated carbocycles. The van der Waals surface area contributed by atoms with Gasteiger partial charge in [-0.25, -0.2) is 14.1 Å². The van der Waals surface area contributed by atoms with E-state index in [0.29, 0.717) is 36.0 Å². The Balaban J connectivity index is 1.55. The minimum absolute atomic E-state index is 0.104. The molecule has 2 aromatic heterocycles. The monoisotopic (exact) mass is 478 g/mol. The second kappa shape index (κ2) is 8.90. The van der Waals surface area contributed by atoms with Crippen LogP contribution in [0.1, 0.15) is 38.5 Å². The van der Waals surface area contributed by atoms with Gasteiger partial charge in [0.05, 0.1) is 25.9 Å². The fraction of sp³-hybridized carbons (Fsp3) is 0.240. The normalized spacial score (nSPS) is 15.2. The number of methoxy groups -OCH3 is 2. The van der Waals surface area contributed by atoms with Crippen LogP contribution in [0.4, 0.5) is 4.39 Å². The van der Waals surface area contributed by atoms with E-state index in [4.69, 9.17) is 9.47 Å². The van der Waals surface area contributed by atoms with Gasteiger partial charge in [-0.15, -0.1) is 16.4 Å². The average Bonchev–Trinajstić information content (AvgIpc) is 3.52. The van der Waals surface area contributed by atoms with Crippen molar-refractivity contribution in [1.29, 1.82) is 0 Å². The summed E-state index contributed by atoms with van der Waals surface area (Å²) in [5.74, 6) is 1.34. The summed E-state index contributed by atoms with van der Waals surface area (Å²) < 4.78 is 25.9. The highest BCUT2D eigenvalue weighted by Crippen LogP contribution is 2.42. The first-order valence-corrected chi connectivity index (χ1v) is 11.7. The lowest BCUT2D eigenvalue weighted by Crippen LogP contribution is -2.41. The van der Waals surface area contributed by atoms with E-state index in [1.54, 1.807) is 49.3 Å². The topological polar surface area (TPSA) is 69.5 Å². The number of fused-ring (bicyclic) bond motifs is 1. The molecule has 7 nitrogen and oxygen atoms in total. The van der Waals surface area contributed by atoms with Crippen LogP contribution in [0.3, 0.4) is 0 Å². The third-order valence-electron chi connectivity index (χ3n) is 5.98. The molecule has 1 aliphatic rings. The van der Waals surface area contributed by atoms with Gasteiger partial charge in [0.2, 0.25) is 5.82 Å². The summed E-state index contributed by atoms with van der Waals surface area (Å²) in [5.41, 5.74) is 2.75. The molecule has 1 unspecified atom stereocenters. The van der Waals surface area contributed by atoms with Gasteiger partial charge in [-0.2, -0.15) is 0 Å². The first kappa shape index (κ1) is 22.1. The maximum atomic E-state index is 13.7. The van der Waals surface area contributed by atoms with Crippen molar-refractivity contribution in [3.63, 3.8) is 0 Å². The molecule has 174 valence electrons. The zero-order valence-electron chi connectivity index (χ0n) is 19.0. The highest BCUT2D eigenvalue weighted by Gasteiger charge is 2.36. The van der Waals surface area contributed by atoms with Crippen molar-refractivity contribution in [1.82, 2.24) is 19.7 Å². The summed E-state index contributed by atoms with van der Waals surface area (Å²) in [6.45, 7) is 2.28. The van der Waals surface area contributed by atoms with E-state index >= 15 is 0 Å². The fourth-order valence-electron chi connectivity index (χ4n) is 4.35. The van der Waals surface area contributed by atoms with Gasteiger partial charge in [0.25, 0.3) is 5.91 Å². The summed E-state index contributed by atoms with van der Waals surface area (Å²) in [6.07, 6.45) is 0.668. The molecule has 0 aliphatic carbocycles. The summed E-state index contributed by atoms with van der Waals surface area (Å²) in [4.78, 5) is 21.0. The molecule has 1 aliphatic heterocycles. The number of rotatable bonds is 5. The number of hydrogen-bond acceptors (Lipinski definition) is 6. The van der Waals surface area contributed by atoms with Gasteiger partial charge in [0.1, 0.15) is 11.6 Å². The van der Waals surface area contributed by atoms with E-state index in [9.17, 15) is 9.18 Å². The number of aryl methyl sites for hydroxylation is 1. The molecule has 2 aromatic carbocycles. The van der Waals surface area contributed by atoms with Gasteiger partial charge < -0.3 is 14.4 Å². The SMILES string of the molecule is COc1cc2c(cc1OC)C(c1cccs1)N(C(=O)c1nc(C)n(-c3ccc(F)cc3)n1)CC2. The molecule has 0 N–H and O–H groups in total. The van der Waals surface area contributed by atoms with E-state index in [2.05, 4.69) is 10.1 Å². The number of amides is 1. The molecule has 0 radical (unpaired) electrons. The average molecular weight is 479 g/mol. The van der Waals surface area contributed by atoms with Crippen LogP contribution in [-0.4, -0.2) is 46.3 Å². The van der Waals surface area contributed by atoms with Crippen molar-refractivity contribution in [3.8, 4) is 17.2 Å². The Hall–Kier alpha value is -3.72. The number of ether oxygens (including phenoxy) is 2. The smallest absolute Gasteiger partial charge is 0.294 e. The molecule has 1 amide bonds. The molecule has 5 rings (SSSR count). The Bertz CT molecular complexity index is 1340. The molecule has 9 heteroatoms. The number of carbonyl (C=O) groups excluding carboxylic acids is 1. The Morgan fingerprint density at radius 3 is 2.53 bits per heavy atom. The molecule has 1 atom stereocenters. The molecular formula is C25H23FN4O3S. The largest absolute Gasteiger partial charge is 0.493 e. The number of thiophene rings is 1. The van der Waals surface area contributed by atoms with E-state index in [1.165, 1.54) is 12.1 Å². The maximum Gasteiger partial charge on any atom is 0.294 e. The van der Waals surface area contributed by atoms with Gasteiger partial charge in [-0.3, -0.25) is 4.79 Å². The third-order valence-corrected chi connectivity index (χ3v) is 6.90. The number of carbonyl (C=O) groups is 1. The van der Waals surface area contributed by atoms with Gasteiger partial charge >= 0.3 is 0 Å². The quantitative estimate of drug-likeness (QED) is 0.420. The van der Waals surface area contributed by atoms with Crippen LogP contribution in [-0.2, 0) is 6.42 Å². The minimum atomic E-state index is -0.337. The van der Waals surface area contributed by atoms with Gasteiger partial charge in [0.15, 0.2) is 11.5 Å². The maximum absolute atomic E-state index is 13.7.